The number of rotatable bonds is 14. The van der Waals surface area contributed by atoms with Crippen molar-refractivity contribution in [3.8, 4) is 0 Å². The highest BCUT2D eigenvalue weighted by Crippen LogP contribution is 2.44. The number of hydrogen-bond donors (Lipinski definition) is 1. The Morgan fingerprint density at radius 2 is 1.89 bits per heavy atom. The lowest BCUT2D eigenvalue weighted by Crippen LogP contribution is -2.34. The van der Waals surface area contributed by atoms with Crippen LogP contribution in [0.25, 0.3) is 0 Å². The average molecular weight is 404 g/mol. The lowest BCUT2D eigenvalue weighted by molar-refractivity contribution is -0.159. The Balaban J connectivity index is 1.65. The fraction of sp³-hybridized carbons (Fsp3) is 0.950. The molecule has 2 saturated heterocycles. The molecule has 7 heteroatoms. The van der Waals surface area contributed by atoms with Crippen LogP contribution in [0, 0.1) is 11.8 Å². The lowest BCUT2D eigenvalue weighted by atomic mass is 9.81. The quantitative estimate of drug-likeness (QED) is 0.274. The maximum absolute atomic E-state index is 12.5. The van der Waals surface area contributed by atoms with Gasteiger partial charge in [0.25, 0.3) is 0 Å². The molecule has 2 bridgehead atoms. The Labute approximate surface area is 166 Å². The third-order valence-electron chi connectivity index (χ3n) is 5.79. The normalized spacial score (nSPS) is 27.8. The van der Waals surface area contributed by atoms with Crippen LogP contribution in [0.15, 0.2) is 0 Å². The van der Waals surface area contributed by atoms with Crippen LogP contribution in [0.5, 0.6) is 0 Å². The number of carbonyl (C=O) groups is 1. The summed E-state index contributed by atoms with van der Waals surface area (Å²) in [4.78, 5) is 11.3. The Morgan fingerprint density at radius 3 is 2.59 bits per heavy atom. The first-order chi connectivity index (χ1) is 13.0. The van der Waals surface area contributed by atoms with E-state index in [-0.39, 0.29) is 18.1 Å². The molecule has 2 heterocycles. The minimum absolute atomic E-state index is 0.265. The number of amides is 1. The highest BCUT2D eigenvalue weighted by Gasteiger charge is 2.49. The highest BCUT2D eigenvalue weighted by molar-refractivity contribution is 7.84. The number of carbonyl (C=O) groups excluding carboxylic acids is 1. The first kappa shape index (κ1) is 22.8. The highest BCUT2D eigenvalue weighted by atomic mass is 32.2. The van der Waals surface area contributed by atoms with E-state index in [4.69, 9.17) is 14.7 Å². The Hall–Kier alpha value is -0.500. The molecule has 1 amide bonds. The molecular formula is C20H37NO5S. The van der Waals surface area contributed by atoms with E-state index in [1.807, 2.05) is 0 Å². The Bertz CT molecular complexity index is 473. The number of nitrogens with zero attached hydrogens (tertiary/aromatic N) is 1. The summed E-state index contributed by atoms with van der Waals surface area (Å²) in [5.41, 5.74) is 0. The van der Waals surface area contributed by atoms with E-state index in [9.17, 15) is 9.00 Å². The Kier molecular flexibility index (Phi) is 10.2. The van der Waals surface area contributed by atoms with E-state index in [0.717, 1.165) is 37.2 Å². The minimum atomic E-state index is -0.757. The van der Waals surface area contributed by atoms with E-state index < -0.39 is 10.8 Å². The van der Waals surface area contributed by atoms with Crippen LogP contribution in [-0.4, -0.2) is 64.4 Å². The summed E-state index contributed by atoms with van der Waals surface area (Å²) in [6.45, 7) is 3.47. The largest absolute Gasteiger partial charge is 0.381 e. The average Bonchev–Trinajstić information content (AvgIpc) is 3.23. The summed E-state index contributed by atoms with van der Waals surface area (Å²) in [6, 6.07) is 0. The van der Waals surface area contributed by atoms with Crippen molar-refractivity contribution in [2.24, 2.45) is 11.8 Å². The van der Waals surface area contributed by atoms with Gasteiger partial charge in [0.05, 0.1) is 18.8 Å². The summed E-state index contributed by atoms with van der Waals surface area (Å²) in [6.07, 6.45) is 9.24. The van der Waals surface area contributed by atoms with Crippen molar-refractivity contribution >= 4 is 16.7 Å². The second kappa shape index (κ2) is 12.1. The van der Waals surface area contributed by atoms with E-state index >= 15 is 0 Å². The molecule has 0 spiro atoms. The molecule has 0 aromatic heterocycles. The van der Waals surface area contributed by atoms with Crippen LogP contribution < -0.4 is 0 Å². The zero-order valence-electron chi connectivity index (χ0n) is 16.9. The molecule has 27 heavy (non-hydrogen) atoms. The van der Waals surface area contributed by atoms with Gasteiger partial charge in [-0.25, -0.2) is 5.06 Å². The van der Waals surface area contributed by atoms with Gasteiger partial charge in [-0.05, 0) is 32.1 Å². The van der Waals surface area contributed by atoms with Gasteiger partial charge in [0, 0.05) is 54.2 Å². The summed E-state index contributed by atoms with van der Waals surface area (Å²) in [5, 5.41) is 9.66. The topological polar surface area (TPSA) is 76.1 Å². The summed E-state index contributed by atoms with van der Waals surface area (Å²) >= 11 is 0. The Morgan fingerprint density at radius 1 is 1.15 bits per heavy atom. The van der Waals surface area contributed by atoms with Crippen LogP contribution in [-0.2, 0) is 25.1 Å². The summed E-state index contributed by atoms with van der Waals surface area (Å²) in [5.74, 6) is 2.01. The van der Waals surface area contributed by atoms with Gasteiger partial charge in [0.2, 0.25) is 5.91 Å². The fourth-order valence-electron chi connectivity index (χ4n) is 4.18. The monoisotopic (exact) mass is 403 g/mol. The van der Waals surface area contributed by atoms with Gasteiger partial charge in [0.1, 0.15) is 0 Å². The van der Waals surface area contributed by atoms with Crippen molar-refractivity contribution in [3.63, 3.8) is 0 Å². The van der Waals surface area contributed by atoms with Gasteiger partial charge in [-0.3, -0.25) is 14.2 Å². The molecule has 158 valence electrons. The predicted octanol–water partition coefficient (Wildman–Crippen LogP) is 3.14. The van der Waals surface area contributed by atoms with Gasteiger partial charge >= 0.3 is 0 Å². The summed E-state index contributed by atoms with van der Waals surface area (Å²) < 4.78 is 24.4. The first-order valence-corrected chi connectivity index (χ1v) is 12.0. The molecule has 0 aliphatic carbocycles. The van der Waals surface area contributed by atoms with Crippen LogP contribution in [0.1, 0.15) is 64.7 Å². The molecule has 2 aliphatic heterocycles. The van der Waals surface area contributed by atoms with Gasteiger partial charge in [-0.15, -0.1) is 0 Å². The lowest BCUT2D eigenvalue weighted by Gasteiger charge is -2.27. The summed E-state index contributed by atoms with van der Waals surface area (Å²) in [7, 11) is 0.592. The molecule has 5 atom stereocenters. The van der Waals surface area contributed by atoms with Crippen LogP contribution in [0.4, 0.5) is 0 Å². The molecule has 2 aliphatic rings. The number of hydroxylamine groups is 2. The smallest absolute Gasteiger partial charge is 0.245 e. The zero-order chi connectivity index (χ0) is 19.6. The first-order valence-electron chi connectivity index (χ1n) is 10.6. The predicted molar refractivity (Wildman–Crippen MR) is 106 cm³/mol. The number of unbranched alkanes of at least 4 members (excludes halogenated alkanes) is 4. The molecule has 0 saturated carbocycles. The van der Waals surface area contributed by atoms with Crippen LogP contribution in [0.2, 0.25) is 0 Å². The second-order valence-corrected chi connectivity index (χ2v) is 9.56. The van der Waals surface area contributed by atoms with Crippen molar-refractivity contribution < 1.29 is 23.7 Å². The third kappa shape index (κ3) is 7.44. The van der Waals surface area contributed by atoms with Crippen molar-refractivity contribution in [3.05, 3.63) is 0 Å². The zero-order valence-corrected chi connectivity index (χ0v) is 17.8. The fourth-order valence-corrected chi connectivity index (χ4v) is 5.77. The molecule has 1 N–H and O–H groups in total. The molecule has 0 radical (unpaired) electrons. The molecule has 2 rings (SSSR count). The van der Waals surface area contributed by atoms with E-state index in [1.165, 1.54) is 26.3 Å². The van der Waals surface area contributed by atoms with Crippen LogP contribution in [0.3, 0.4) is 0 Å². The number of fused-ring (bicyclic) bond motifs is 2. The molecule has 6 nitrogen and oxygen atoms in total. The molecule has 2 fully saturated rings. The standard InChI is InChI=1S/C20H37NO5S/c1-3-4-5-8-13-27(24)15-17-16(18-10-11-19(17)26-18)14-25-12-7-6-9-20(22)21(2)23/h16-19,23H,3-15H2,1-2H3/t16-,17+,18-,19+,27?/m1/s1. The maximum atomic E-state index is 12.5. The van der Waals surface area contributed by atoms with E-state index in [0.29, 0.717) is 43.0 Å². The molecule has 0 aromatic carbocycles. The number of hydrogen-bond acceptors (Lipinski definition) is 5. The third-order valence-corrected chi connectivity index (χ3v) is 7.30. The SMILES string of the molecule is CCCCCCS(=O)C[C@H]1[C@@H](COCCCCC(=O)N(C)O)[C@H]2CC[C@@H]1O2. The molecule has 1 unspecified atom stereocenters. The molecular weight excluding hydrogens is 366 g/mol. The molecule has 0 aromatic rings. The van der Waals surface area contributed by atoms with Gasteiger partial charge in [-0.1, -0.05) is 26.2 Å². The minimum Gasteiger partial charge on any atom is -0.381 e. The van der Waals surface area contributed by atoms with Crippen molar-refractivity contribution in [2.75, 3.05) is 31.8 Å². The van der Waals surface area contributed by atoms with E-state index in [1.54, 1.807) is 0 Å². The van der Waals surface area contributed by atoms with Gasteiger partial charge in [0.15, 0.2) is 0 Å². The van der Waals surface area contributed by atoms with Gasteiger partial charge in [-0.2, -0.15) is 0 Å². The van der Waals surface area contributed by atoms with Crippen LogP contribution >= 0.6 is 0 Å². The second-order valence-electron chi connectivity index (χ2n) is 7.94. The van der Waals surface area contributed by atoms with Crippen molar-refractivity contribution in [1.82, 2.24) is 5.06 Å². The number of ether oxygens (including phenoxy) is 2. The van der Waals surface area contributed by atoms with Crippen molar-refractivity contribution in [2.45, 2.75) is 76.9 Å². The van der Waals surface area contributed by atoms with Gasteiger partial charge < -0.3 is 9.47 Å². The maximum Gasteiger partial charge on any atom is 0.245 e. The van der Waals surface area contributed by atoms with Crippen molar-refractivity contribution in [1.29, 1.82) is 0 Å². The van der Waals surface area contributed by atoms with E-state index in [2.05, 4.69) is 6.92 Å².